The molecule has 2 N–H and O–H groups in total. The van der Waals surface area contributed by atoms with Crippen LogP contribution in [0.4, 0.5) is 0 Å². The Labute approximate surface area is 171 Å². The summed E-state index contributed by atoms with van der Waals surface area (Å²) in [4.78, 5) is 35.6. The van der Waals surface area contributed by atoms with E-state index in [0.717, 1.165) is 22.2 Å². The Morgan fingerprint density at radius 2 is 2.10 bits per heavy atom. The number of aliphatic imine (C=N–C) groups is 1. The number of hydrogen-bond acceptors (Lipinski definition) is 6. The van der Waals surface area contributed by atoms with E-state index in [1.54, 1.807) is 12.3 Å². The molecule has 1 aromatic carbocycles. The molecule has 0 saturated carbocycles. The smallest absolute Gasteiger partial charge is 0.302 e. The molecule has 2 aromatic heterocycles. The number of aromatic amines is 1. The maximum absolute atomic E-state index is 12.4. The fourth-order valence-corrected chi connectivity index (χ4v) is 3.82. The van der Waals surface area contributed by atoms with E-state index in [1.165, 1.54) is 18.7 Å². The van der Waals surface area contributed by atoms with Crippen molar-refractivity contribution in [1.29, 1.82) is 0 Å². The second-order valence-corrected chi connectivity index (χ2v) is 7.42. The summed E-state index contributed by atoms with van der Waals surface area (Å²) in [5.41, 5.74) is 2.57. The molecule has 3 aromatic rings. The van der Waals surface area contributed by atoms with Crippen molar-refractivity contribution in [2.75, 3.05) is 6.61 Å². The van der Waals surface area contributed by atoms with E-state index in [-0.39, 0.29) is 24.5 Å². The van der Waals surface area contributed by atoms with Gasteiger partial charge in [0.2, 0.25) is 0 Å². The summed E-state index contributed by atoms with van der Waals surface area (Å²) >= 11 is 1.26. The van der Waals surface area contributed by atoms with E-state index in [9.17, 15) is 9.59 Å². The first-order chi connectivity index (χ1) is 14.1. The van der Waals surface area contributed by atoms with Crippen molar-refractivity contribution in [2.45, 2.75) is 13.0 Å². The molecular weight excluding hydrogens is 388 g/mol. The number of amidine groups is 1. The zero-order chi connectivity index (χ0) is 20.2. The lowest BCUT2D eigenvalue weighted by Gasteiger charge is -2.19. The van der Waals surface area contributed by atoms with E-state index in [1.807, 2.05) is 48.7 Å². The molecule has 0 radical (unpaired) electrons. The van der Waals surface area contributed by atoms with Crippen LogP contribution in [0.5, 0.6) is 0 Å². The molecule has 8 heteroatoms. The van der Waals surface area contributed by atoms with Crippen LogP contribution in [-0.2, 0) is 14.3 Å². The number of rotatable bonds is 5. The van der Waals surface area contributed by atoms with E-state index < -0.39 is 0 Å². The minimum atomic E-state index is -0.363. The highest BCUT2D eigenvalue weighted by molar-refractivity contribution is 8.18. The highest BCUT2D eigenvalue weighted by Crippen LogP contribution is 2.30. The van der Waals surface area contributed by atoms with Crippen molar-refractivity contribution in [3.8, 4) is 0 Å². The number of pyridine rings is 1. The fraction of sp³-hybridized carbons (Fsp3) is 0.143. The Balaban J connectivity index is 1.52. The van der Waals surface area contributed by atoms with Gasteiger partial charge in [0.15, 0.2) is 5.17 Å². The van der Waals surface area contributed by atoms with Crippen molar-refractivity contribution >= 4 is 45.9 Å². The van der Waals surface area contributed by atoms with E-state index >= 15 is 0 Å². The van der Waals surface area contributed by atoms with Crippen molar-refractivity contribution in [1.82, 2.24) is 15.3 Å². The Bertz CT molecular complexity index is 1120. The molecule has 0 bridgehead atoms. The number of carbonyl (C=O) groups is 2. The number of nitrogens with zero attached hydrogens (tertiary/aromatic N) is 2. The highest BCUT2D eigenvalue weighted by atomic mass is 32.2. The molecule has 146 valence electrons. The number of esters is 1. The molecule has 0 fully saturated rings. The van der Waals surface area contributed by atoms with Crippen LogP contribution in [0.2, 0.25) is 0 Å². The van der Waals surface area contributed by atoms with Crippen molar-refractivity contribution in [3.05, 3.63) is 70.9 Å². The first-order valence-corrected chi connectivity index (χ1v) is 9.81. The lowest BCUT2D eigenvalue weighted by atomic mass is 10.1. The van der Waals surface area contributed by atoms with Crippen LogP contribution in [0.3, 0.4) is 0 Å². The topological polar surface area (TPSA) is 96.4 Å². The molecule has 0 saturated heterocycles. The van der Waals surface area contributed by atoms with E-state index in [2.05, 4.69) is 20.3 Å². The number of aromatic nitrogens is 2. The number of carbonyl (C=O) groups excluding carboxylic acids is 2. The lowest BCUT2D eigenvalue weighted by molar-refractivity contribution is -0.141. The summed E-state index contributed by atoms with van der Waals surface area (Å²) in [6.45, 7) is 1.50. The van der Waals surface area contributed by atoms with Gasteiger partial charge in [-0.05, 0) is 35.5 Å². The van der Waals surface area contributed by atoms with Gasteiger partial charge >= 0.3 is 5.97 Å². The average Bonchev–Trinajstić information content (AvgIpc) is 3.29. The summed E-state index contributed by atoms with van der Waals surface area (Å²) in [6, 6.07) is 13.1. The van der Waals surface area contributed by atoms with Gasteiger partial charge in [0.25, 0.3) is 5.91 Å². The number of nitrogens with one attached hydrogen (secondary N) is 2. The molecule has 1 amide bonds. The van der Waals surface area contributed by atoms with Gasteiger partial charge in [0, 0.05) is 30.3 Å². The average molecular weight is 406 g/mol. The van der Waals surface area contributed by atoms with E-state index in [0.29, 0.717) is 10.1 Å². The van der Waals surface area contributed by atoms with Crippen LogP contribution in [0.15, 0.2) is 64.8 Å². The van der Waals surface area contributed by atoms with Crippen LogP contribution in [-0.4, -0.2) is 33.6 Å². The molecule has 0 aliphatic carbocycles. The molecule has 3 heterocycles. The van der Waals surface area contributed by atoms with Crippen LogP contribution >= 0.6 is 11.8 Å². The lowest BCUT2D eigenvalue weighted by Crippen LogP contribution is -2.29. The minimum absolute atomic E-state index is 0.139. The zero-order valence-corrected chi connectivity index (χ0v) is 16.4. The van der Waals surface area contributed by atoms with E-state index in [4.69, 9.17) is 4.74 Å². The largest absolute Gasteiger partial charge is 0.463 e. The van der Waals surface area contributed by atoms with Crippen molar-refractivity contribution < 1.29 is 14.3 Å². The second kappa shape index (κ2) is 8.32. The third kappa shape index (κ3) is 4.38. The molecule has 0 unspecified atom stereocenters. The molecule has 29 heavy (non-hydrogen) atoms. The van der Waals surface area contributed by atoms with Crippen LogP contribution < -0.4 is 5.32 Å². The first-order valence-electron chi connectivity index (χ1n) is 8.99. The SMILES string of the molecule is CC(=O)OC[C@H](NC1=NC(=O)C(=Cc2c[nH]c3ncccc23)S1)c1ccccc1. The van der Waals surface area contributed by atoms with Crippen LogP contribution in [0, 0.1) is 0 Å². The normalized spacial score (nSPS) is 16.1. The van der Waals surface area contributed by atoms with Crippen LogP contribution in [0.1, 0.15) is 24.1 Å². The quantitative estimate of drug-likeness (QED) is 0.498. The maximum Gasteiger partial charge on any atom is 0.302 e. The van der Waals surface area contributed by atoms with Gasteiger partial charge < -0.3 is 15.0 Å². The van der Waals surface area contributed by atoms with Gasteiger partial charge in [0.1, 0.15) is 12.3 Å². The Morgan fingerprint density at radius 1 is 1.28 bits per heavy atom. The Kier molecular flexibility index (Phi) is 5.44. The van der Waals surface area contributed by atoms with Gasteiger partial charge in [-0.2, -0.15) is 4.99 Å². The third-order valence-electron chi connectivity index (χ3n) is 4.34. The number of fused-ring (bicyclic) bond motifs is 1. The Morgan fingerprint density at radius 3 is 2.90 bits per heavy atom. The number of ether oxygens (including phenoxy) is 1. The standard InChI is InChI=1S/C21H18N4O3S/c1-13(26)28-12-17(14-6-3-2-4-7-14)24-21-25-20(27)18(29-21)10-15-11-23-19-16(15)8-5-9-22-19/h2-11,17H,12H2,1H3,(H,22,23)(H,24,25,27)/t17-/m0/s1. The molecule has 1 atom stereocenters. The monoisotopic (exact) mass is 406 g/mol. The zero-order valence-electron chi connectivity index (χ0n) is 15.6. The predicted octanol–water partition coefficient (Wildman–Crippen LogP) is 3.43. The fourth-order valence-electron chi connectivity index (χ4n) is 2.96. The van der Waals surface area contributed by atoms with Gasteiger partial charge in [-0.3, -0.25) is 9.59 Å². The molecular formula is C21H18N4O3S. The van der Waals surface area contributed by atoms with Gasteiger partial charge in [0.05, 0.1) is 10.9 Å². The highest BCUT2D eigenvalue weighted by Gasteiger charge is 2.25. The van der Waals surface area contributed by atoms with Crippen LogP contribution in [0.25, 0.3) is 17.1 Å². The summed E-state index contributed by atoms with van der Waals surface area (Å²) in [6.07, 6.45) is 5.33. The summed E-state index contributed by atoms with van der Waals surface area (Å²) in [7, 11) is 0. The van der Waals surface area contributed by atoms with Gasteiger partial charge in [-0.15, -0.1) is 0 Å². The minimum Gasteiger partial charge on any atom is -0.463 e. The van der Waals surface area contributed by atoms with Gasteiger partial charge in [-0.1, -0.05) is 30.3 Å². The number of benzene rings is 1. The molecule has 1 aliphatic rings. The first kappa shape index (κ1) is 18.9. The maximum atomic E-state index is 12.4. The third-order valence-corrected chi connectivity index (χ3v) is 5.26. The summed E-state index contributed by atoms with van der Waals surface area (Å²) in [5, 5.41) is 4.63. The van der Waals surface area contributed by atoms with Gasteiger partial charge in [-0.25, -0.2) is 4.98 Å². The molecule has 7 nitrogen and oxygen atoms in total. The number of thioether (sulfide) groups is 1. The number of H-pyrrole nitrogens is 1. The number of amides is 1. The van der Waals surface area contributed by atoms with Crippen molar-refractivity contribution in [2.24, 2.45) is 4.99 Å². The number of hydrogen-bond donors (Lipinski definition) is 2. The molecule has 1 aliphatic heterocycles. The summed E-state index contributed by atoms with van der Waals surface area (Å²) in [5.74, 6) is -0.673. The molecule has 0 spiro atoms. The molecule has 4 rings (SSSR count). The Hall–Kier alpha value is -3.39. The van der Waals surface area contributed by atoms with Crippen molar-refractivity contribution in [3.63, 3.8) is 0 Å². The second-order valence-electron chi connectivity index (χ2n) is 6.39. The predicted molar refractivity (Wildman–Crippen MR) is 113 cm³/mol. The summed E-state index contributed by atoms with van der Waals surface area (Å²) < 4.78 is 5.18.